The molecule has 1 rings (SSSR count). The van der Waals surface area contributed by atoms with Gasteiger partial charge < -0.3 is 5.11 Å². The molecule has 0 saturated carbocycles. The van der Waals surface area contributed by atoms with Crippen LogP contribution in [0.5, 0.6) is 0 Å². The molecule has 2 N–H and O–H groups in total. The highest BCUT2D eigenvalue weighted by atomic mass is 35.5. The molecule has 0 spiro atoms. The molecule has 1 unspecified atom stereocenters. The lowest BCUT2D eigenvalue weighted by molar-refractivity contribution is 0.152. The van der Waals surface area contributed by atoms with Crippen LogP contribution in [0.4, 0.5) is 4.39 Å². The van der Waals surface area contributed by atoms with Gasteiger partial charge in [-0.3, -0.25) is 0 Å². The minimum Gasteiger partial charge on any atom is -0.392 e. The summed E-state index contributed by atoms with van der Waals surface area (Å²) in [4.78, 5) is -0.517. The maximum absolute atomic E-state index is 13.6. The number of nitrogens with one attached hydrogen (secondary N) is 1. The van der Waals surface area contributed by atoms with Crippen molar-refractivity contribution in [1.29, 1.82) is 0 Å². The van der Waals surface area contributed by atoms with Crippen molar-refractivity contribution in [2.75, 3.05) is 6.54 Å². The van der Waals surface area contributed by atoms with Gasteiger partial charge in [0.1, 0.15) is 4.90 Å². The lowest BCUT2D eigenvalue weighted by atomic mass is 10.1. The Balaban J connectivity index is 2.79. The van der Waals surface area contributed by atoms with E-state index in [9.17, 15) is 17.9 Å². The largest absolute Gasteiger partial charge is 0.392 e. The topological polar surface area (TPSA) is 66.4 Å². The quantitative estimate of drug-likeness (QED) is 0.846. The number of aliphatic hydroxyl groups is 1. The number of hydrogen-bond acceptors (Lipinski definition) is 3. The van der Waals surface area contributed by atoms with E-state index >= 15 is 0 Å². The average molecular weight is 310 g/mol. The molecule has 0 heterocycles. The summed E-state index contributed by atoms with van der Waals surface area (Å²) in [6.45, 7) is 3.66. The molecular formula is C12H17ClFNO3S. The molecule has 7 heteroatoms. The normalized spacial score (nSPS) is 13.8. The Labute approximate surface area is 117 Å². The zero-order valence-corrected chi connectivity index (χ0v) is 12.3. The molecule has 19 heavy (non-hydrogen) atoms. The molecule has 0 bridgehead atoms. The van der Waals surface area contributed by atoms with Crippen LogP contribution in [0.2, 0.25) is 5.02 Å². The van der Waals surface area contributed by atoms with Crippen LogP contribution in [0.15, 0.2) is 23.1 Å². The monoisotopic (exact) mass is 309 g/mol. The van der Waals surface area contributed by atoms with Crippen molar-refractivity contribution in [3.8, 4) is 0 Å². The van der Waals surface area contributed by atoms with Crippen molar-refractivity contribution in [3.63, 3.8) is 0 Å². The van der Waals surface area contributed by atoms with Gasteiger partial charge in [-0.1, -0.05) is 31.5 Å². The zero-order valence-electron chi connectivity index (χ0n) is 10.7. The third-order valence-electron chi connectivity index (χ3n) is 2.46. The Morgan fingerprint density at radius 1 is 1.42 bits per heavy atom. The third-order valence-corrected chi connectivity index (χ3v) is 4.19. The zero-order chi connectivity index (χ0) is 14.6. The van der Waals surface area contributed by atoms with Gasteiger partial charge in [-0.05, 0) is 24.5 Å². The van der Waals surface area contributed by atoms with Gasteiger partial charge in [0.2, 0.25) is 10.0 Å². The van der Waals surface area contributed by atoms with Crippen LogP contribution >= 0.6 is 11.6 Å². The predicted molar refractivity (Wildman–Crippen MR) is 72.1 cm³/mol. The van der Waals surface area contributed by atoms with Gasteiger partial charge in [-0.15, -0.1) is 0 Å². The molecule has 0 aromatic heterocycles. The summed E-state index contributed by atoms with van der Waals surface area (Å²) in [6.07, 6.45) is -0.349. The summed E-state index contributed by atoms with van der Waals surface area (Å²) in [6, 6.07) is 3.74. The SMILES string of the molecule is CC(C)CC(O)CNS(=O)(=O)c1cccc(Cl)c1F. The van der Waals surface area contributed by atoms with E-state index in [0.29, 0.717) is 6.42 Å². The van der Waals surface area contributed by atoms with E-state index < -0.39 is 26.8 Å². The highest BCUT2D eigenvalue weighted by molar-refractivity contribution is 7.89. The van der Waals surface area contributed by atoms with Crippen molar-refractivity contribution in [1.82, 2.24) is 4.72 Å². The number of rotatable bonds is 6. The minimum absolute atomic E-state index is 0.160. The van der Waals surface area contributed by atoms with Crippen LogP contribution in [-0.4, -0.2) is 26.2 Å². The standard InChI is InChI=1S/C12H17ClFNO3S/c1-8(2)6-9(16)7-15-19(17,18)11-5-3-4-10(13)12(11)14/h3-5,8-9,15-16H,6-7H2,1-2H3. The summed E-state index contributed by atoms with van der Waals surface area (Å²) in [5.41, 5.74) is 0. The van der Waals surface area contributed by atoms with Crippen LogP contribution < -0.4 is 4.72 Å². The Kier molecular flexibility index (Phi) is 5.73. The Morgan fingerprint density at radius 2 is 2.05 bits per heavy atom. The summed E-state index contributed by atoms with van der Waals surface area (Å²) >= 11 is 5.53. The lowest BCUT2D eigenvalue weighted by Gasteiger charge is -2.14. The second-order valence-electron chi connectivity index (χ2n) is 4.69. The first-order valence-electron chi connectivity index (χ1n) is 5.85. The van der Waals surface area contributed by atoms with Crippen molar-refractivity contribution < 1.29 is 17.9 Å². The molecule has 1 aromatic carbocycles. The molecule has 1 atom stereocenters. The molecule has 0 aliphatic carbocycles. The summed E-state index contributed by atoms with van der Waals surface area (Å²) in [5, 5.41) is 9.35. The fraction of sp³-hybridized carbons (Fsp3) is 0.500. The molecule has 0 radical (unpaired) electrons. The summed E-state index contributed by atoms with van der Waals surface area (Å²) in [7, 11) is -4.01. The number of benzene rings is 1. The van der Waals surface area contributed by atoms with Gasteiger partial charge >= 0.3 is 0 Å². The van der Waals surface area contributed by atoms with E-state index in [4.69, 9.17) is 11.6 Å². The predicted octanol–water partition coefficient (Wildman–Crippen LogP) is 2.16. The number of aliphatic hydroxyl groups excluding tert-OH is 1. The van der Waals surface area contributed by atoms with Gasteiger partial charge in [0.25, 0.3) is 0 Å². The maximum Gasteiger partial charge on any atom is 0.243 e. The van der Waals surface area contributed by atoms with Crippen LogP contribution in [0.3, 0.4) is 0 Å². The molecular weight excluding hydrogens is 293 g/mol. The highest BCUT2D eigenvalue weighted by Crippen LogP contribution is 2.21. The minimum atomic E-state index is -4.01. The highest BCUT2D eigenvalue weighted by Gasteiger charge is 2.21. The van der Waals surface area contributed by atoms with E-state index in [1.54, 1.807) is 0 Å². The first-order chi connectivity index (χ1) is 8.74. The first-order valence-corrected chi connectivity index (χ1v) is 7.72. The fourth-order valence-electron chi connectivity index (χ4n) is 1.60. The molecule has 0 amide bonds. The maximum atomic E-state index is 13.6. The van der Waals surface area contributed by atoms with E-state index in [0.717, 1.165) is 6.07 Å². The van der Waals surface area contributed by atoms with Crippen molar-refractivity contribution in [3.05, 3.63) is 29.0 Å². The Bertz CT molecular complexity index is 534. The number of halogens is 2. The van der Waals surface area contributed by atoms with Crippen molar-refractivity contribution >= 4 is 21.6 Å². The fourth-order valence-corrected chi connectivity index (χ4v) is 3.00. The van der Waals surface area contributed by atoms with E-state index in [1.807, 2.05) is 13.8 Å². The van der Waals surface area contributed by atoms with Crippen LogP contribution in [-0.2, 0) is 10.0 Å². The third kappa shape index (κ3) is 4.72. The summed E-state index contributed by atoms with van der Waals surface area (Å²) in [5.74, 6) is -0.752. The van der Waals surface area contributed by atoms with Gasteiger partial charge in [0, 0.05) is 6.54 Å². The van der Waals surface area contributed by atoms with Crippen LogP contribution in [0, 0.1) is 11.7 Å². The van der Waals surface area contributed by atoms with Crippen LogP contribution in [0.25, 0.3) is 0 Å². The van der Waals surface area contributed by atoms with E-state index in [2.05, 4.69) is 4.72 Å². The van der Waals surface area contributed by atoms with E-state index in [-0.39, 0.29) is 17.5 Å². The second-order valence-corrected chi connectivity index (χ2v) is 6.83. The second kappa shape index (κ2) is 6.65. The van der Waals surface area contributed by atoms with Gasteiger partial charge in [-0.2, -0.15) is 0 Å². The number of hydrogen-bond donors (Lipinski definition) is 2. The molecule has 0 aliphatic rings. The van der Waals surface area contributed by atoms with Gasteiger partial charge in [0.05, 0.1) is 11.1 Å². The Morgan fingerprint density at radius 3 is 2.63 bits per heavy atom. The Hall–Kier alpha value is -0.690. The van der Waals surface area contributed by atoms with Gasteiger partial charge in [-0.25, -0.2) is 17.5 Å². The van der Waals surface area contributed by atoms with E-state index in [1.165, 1.54) is 12.1 Å². The number of sulfonamides is 1. The molecule has 108 valence electrons. The lowest BCUT2D eigenvalue weighted by Crippen LogP contribution is -2.33. The van der Waals surface area contributed by atoms with Crippen molar-refractivity contribution in [2.24, 2.45) is 5.92 Å². The van der Waals surface area contributed by atoms with Crippen LogP contribution in [0.1, 0.15) is 20.3 Å². The molecule has 1 aromatic rings. The first kappa shape index (κ1) is 16.4. The molecule has 4 nitrogen and oxygen atoms in total. The van der Waals surface area contributed by atoms with Gasteiger partial charge in [0.15, 0.2) is 5.82 Å². The molecule has 0 aliphatic heterocycles. The smallest absolute Gasteiger partial charge is 0.243 e. The molecule has 0 fully saturated rings. The summed E-state index contributed by atoms with van der Waals surface area (Å²) < 4.78 is 39.5. The average Bonchev–Trinajstić information content (AvgIpc) is 2.29. The molecule has 0 saturated heterocycles. The van der Waals surface area contributed by atoms with Crippen molar-refractivity contribution in [2.45, 2.75) is 31.3 Å².